The molecule has 0 unspecified atom stereocenters. The summed E-state index contributed by atoms with van der Waals surface area (Å²) in [6.07, 6.45) is 16.4. The van der Waals surface area contributed by atoms with E-state index in [0.29, 0.717) is 6.54 Å². The Morgan fingerprint density at radius 3 is 0.725 bits per heavy atom. The van der Waals surface area contributed by atoms with Crippen molar-refractivity contribution in [2.24, 2.45) is 0 Å². The topological polar surface area (TPSA) is 213 Å². The van der Waals surface area contributed by atoms with E-state index < -0.39 is 0 Å². The summed E-state index contributed by atoms with van der Waals surface area (Å²) in [5.41, 5.74) is 2.72. The van der Waals surface area contributed by atoms with Crippen molar-refractivity contribution in [1.29, 1.82) is 0 Å². The molecular formula is C62H156N14O4. The van der Waals surface area contributed by atoms with Crippen LogP contribution in [0.4, 0.5) is 0 Å². The molecule has 0 bridgehead atoms. The zero-order chi connectivity index (χ0) is 62.6. The summed E-state index contributed by atoms with van der Waals surface area (Å²) in [6, 6.07) is 0. The Morgan fingerprint density at radius 2 is 0.550 bits per heavy atom. The van der Waals surface area contributed by atoms with Gasteiger partial charge in [-0.25, -0.2) is 5.48 Å². The average Bonchev–Trinajstić information content (AvgIpc) is 4.44. The number of amides is 1. The lowest BCUT2D eigenvalue weighted by molar-refractivity contribution is -0.121. The van der Waals surface area contributed by atoms with Crippen molar-refractivity contribution in [3.8, 4) is 0 Å². The minimum absolute atomic E-state index is 0.103. The highest BCUT2D eigenvalue weighted by molar-refractivity contribution is 5.78. The Morgan fingerprint density at radius 1 is 0.250 bits per heavy atom. The van der Waals surface area contributed by atoms with Crippen LogP contribution in [-0.2, 0) is 19.1 Å². The van der Waals surface area contributed by atoms with Crippen molar-refractivity contribution in [3.63, 3.8) is 0 Å². The lowest BCUT2D eigenvalue weighted by atomic mass is 10.2. The molecule has 10 heterocycles. The second-order valence-electron chi connectivity index (χ2n) is 15.4. The molecule has 14 N–H and O–H groups in total. The molecular weight excluding hydrogens is 1000 g/mol. The largest absolute Gasteiger partial charge is 0.379 e. The number of morpholine rings is 1. The van der Waals surface area contributed by atoms with Gasteiger partial charge in [0.05, 0.1) is 39.7 Å². The first-order valence-electron chi connectivity index (χ1n) is 34.1. The molecule has 0 aromatic carbocycles. The molecule has 0 aromatic rings. The molecule has 0 aliphatic carbocycles. The molecule has 10 fully saturated rings. The first-order valence-corrected chi connectivity index (χ1v) is 34.1. The van der Waals surface area contributed by atoms with Crippen LogP contribution >= 0.6 is 0 Å². The van der Waals surface area contributed by atoms with Crippen LogP contribution in [0.1, 0.15) is 216 Å². The molecule has 0 atom stereocenters. The van der Waals surface area contributed by atoms with Crippen LogP contribution < -0.4 is 74.6 Å². The highest BCUT2D eigenvalue weighted by Crippen LogP contribution is 2.01. The molecule has 0 radical (unpaired) electrons. The van der Waals surface area contributed by atoms with Crippen molar-refractivity contribution >= 4 is 5.91 Å². The third-order valence-electron chi connectivity index (χ3n) is 9.73. The lowest BCUT2D eigenvalue weighted by Gasteiger charge is -2.11. The number of hydrogen-bond donors (Lipinski definition) is 14. The standard InChI is InChI=1S/C6H13N.C5H12N2.C5H11N.C4H8N2O.2C4H10N2.C4H9NO.C4H9N.2C3H7NO.10C2H6/c1-2-4-6-7-5-3-1;1-2-6-4-5-7-3-1;1-2-4-6-5-3-1;7-4-3-5-1-2-6-4;1-2-6-4-3-5-1;1-2-5-4-6-3-1;1-3-6-4-2-5-1;1-2-4-5-3-1;1-2-5-3-4-1;1-2-4-5-3-1;10*1-2/h7H,1-6H2;6-7H,1-5H2;6H,1-5H2;5H,1-3H2,(H,6,7);2*5-6H,1-4H2;5H,1-4H2;5H,1-4H2;2*4H,1-3H2;10*1-2H3. The molecule has 0 spiro atoms. The number of piperidine rings is 1. The number of carbonyl (C=O) groups excluding carboxylic acids is 1. The second-order valence-corrected chi connectivity index (χ2v) is 15.4. The van der Waals surface area contributed by atoms with Crippen LogP contribution in [0, 0.1) is 0 Å². The number of carbonyl (C=O) groups is 1. The monoisotopic (exact) mass is 1160 g/mol. The van der Waals surface area contributed by atoms with E-state index in [2.05, 4.69) is 74.6 Å². The fourth-order valence-corrected chi connectivity index (χ4v) is 6.17. The third kappa shape index (κ3) is 123. The van der Waals surface area contributed by atoms with Gasteiger partial charge < -0.3 is 78.1 Å². The normalized spacial score (nSPS) is 18.5. The summed E-state index contributed by atoms with van der Waals surface area (Å²) in [4.78, 5) is 15.0. The van der Waals surface area contributed by atoms with Crippen LogP contribution in [0.5, 0.6) is 0 Å². The summed E-state index contributed by atoms with van der Waals surface area (Å²) in [7, 11) is 0. The molecule has 0 saturated carbocycles. The van der Waals surface area contributed by atoms with Gasteiger partial charge in [0.2, 0.25) is 5.91 Å². The molecule has 18 nitrogen and oxygen atoms in total. The third-order valence-corrected chi connectivity index (χ3v) is 9.73. The number of ether oxygens (including phenoxy) is 2. The predicted octanol–water partition coefficient (Wildman–Crippen LogP) is 8.60. The Labute approximate surface area is 503 Å². The second kappa shape index (κ2) is 128. The summed E-state index contributed by atoms with van der Waals surface area (Å²) >= 11 is 0. The average molecular weight is 1160 g/mol. The SMILES string of the molecule is C1CCCNCC1.C1CCNC1.C1CCNCC1.C1CNCCN1.C1CNCCNC1.C1CNCNC1.C1CNOC1.C1COCCN1.C1COCN1.CC.CC.CC.CC.CC.CC.CC.CC.CC.CC.O=C1CNCCN1. The van der Waals surface area contributed by atoms with E-state index in [1.165, 1.54) is 142 Å². The quantitative estimate of drug-likeness (QED) is 0.109. The van der Waals surface area contributed by atoms with Gasteiger partial charge in [-0.2, -0.15) is 0 Å². The Kier molecular flexibility index (Phi) is 162. The van der Waals surface area contributed by atoms with E-state index in [9.17, 15) is 4.79 Å². The van der Waals surface area contributed by atoms with Crippen LogP contribution in [-0.4, -0.2) is 196 Å². The highest BCUT2D eigenvalue weighted by atomic mass is 16.6. The van der Waals surface area contributed by atoms with Crippen molar-refractivity contribution in [2.75, 3.05) is 190 Å². The minimum atomic E-state index is 0.103. The molecule has 10 aliphatic heterocycles. The fourth-order valence-electron chi connectivity index (χ4n) is 6.17. The highest BCUT2D eigenvalue weighted by Gasteiger charge is 2.03. The summed E-state index contributed by atoms with van der Waals surface area (Å²) in [5, 5.41) is 41.0. The molecule has 10 rings (SSSR count). The van der Waals surface area contributed by atoms with Gasteiger partial charge in [0, 0.05) is 85.2 Å². The zero-order valence-corrected chi connectivity index (χ0v) is 58.1. The Balaban J connectivity index is -0.0000000823. The van der Waals surface area contributed by atoms with Crippen LogP contribution in [0.3, 0.4) is 0 Å². The summed E-state index contributed by atoms with van der Waals surface area (Å²) in [5.74, 6) is 0.103. The van der Waals surface area contributed by atoms with E-state index in [1.807, 2.05) is 138 Å². The number of nitrogens with one attached hydrogen (secondary N) is 14. The van der Waals surface area contributed by atoms with E-state index >= 15 is 0 Å². The minimum Gasteiger partial charge on any atom is -0.379 e. The van der Waals surface area contributed by atoms with Gasteiger partial charge in [0.1, 0.15) is 0 Å². The molecule has 18 heteroatoms. The van der Waals surface area contributed by atoms with Gasteiger partial charge in [-0.15, -0.1) is 0 Å². The number of piperazine rings is 2. The first kappa shape index (κ1) is 101. The van der Waals surface area contributed by atoms with Gasteiger partial charge in [0.15, 0.2) is 0 Å². The summed E-state index contributed by atoms with van der Waals surface area (Å²) in [6.45, 7) is 70.7. The van der Waals surface area contributed by atoms with Crippen molar-refractivity contribution in [3.05, 3.63) is 0 Å². The molecule has 10 saturated heterocycles. The number of rotatable bonds is 0. The van der Waals surface area contributed by atoms with Gasteiger partial charge in [0.25, 0.3) is 0 Å². The maximum Gasteiger partial charge on any atom is 0.234 e. The molecule has 10 aliphatic rings. The van der Waals surface area contributed by atoms with Crippen LogP contribution in [0.15, 0.2) is 0 Å². The maximum atomic E-state index is 10.3. The van der Waals surface area contributed by atoms with Gasteiger partial charge >= 0.3 is 0 Å². The number of hydroxylamine groups is 1. The predicted molar refractivity (Wildman–Crippen MR) is 362 cm³/mol. The molecule has 1 amide bonds. The van der Waals surface area contributed by atoms with Gasteiger partial charge in [-0.3, -0.25) is 10.1 Å². The fraction of sp³-hybridized carbons (Fsp3) is 0.984. The number of hydrogen-bond acceptors (Lipinski definition) is 17. The van der Waals surface area contributed by atoms with Gasteiger partial charge in [-0.1, -0.05) is 158 Å². The maximum absolute atomic E-state index is 10.3. The zero-order valence-electron chi connectivity index (χ0n) is 58.1. The van der Waals surface area contributed by atoms with Crippen LogP contribution in [0.2, 0.25) is 0 Å². The molecule has 498 valence electrons. The van der Waals surface area contributed by atoms with E-state index in [0.717, 1.165) is 118 Å². The van der Waals surface area contributed by atoms with Crippen molar-refractivity contribution in [1.82, 2.24) is 74.6 Å². The summed E-state index contributed by atoms with van der Waals surface area (Å²) < 4.78 is 9.84. The van der Waals surface area contributed by atoms with Crippen LogP contribution in [0.25, 0.3) is 0 Å². The van der Waals surface area contributed by atoms with E-state index in [1.54, 1.807) is 0 Å². The van der Waals surface area contributed by atoms with E-state index in [-0.39, 0.29) is 5.91 Å². The van der Waals surface area contributed by atoms with E-state index in [4.69, 9.17) is 14.3 Å². The molecule has 0 aromatic heterocycles. The smallest absolute Gasteiger partial charge is 0.234 e. The Hall–Kier alpha value is -1.17. The van der Waals surface area contributed by atoms with Crippen molar-refractivity contribution < 1.29 is 19.1 Å². The first-order chi connectivity index (χ1) is 39.9. The lowest BCUT2D eigenvalue weighted by Crippen LogP contribution is -2.44. The van der Waals surface area contributed by atoms with Gasteiger partial charge in [-0.05, 0) is 123 Å². The Bertz CT molecular complexity index is 609. The van der Waals surface area contributed by atoms with Crippen molar-refractivity contribution in [2.45, 2.75) is 216 Å². The molecule has 80 heavy (non-hydrogen) atoms.